The van der Waals surface area contributed by atoms with Crippen molar-refractivity contribution in [1.29, 1.82) is 0 Å². The SMILES string of the molecule is CN(C)C(=O)c1ccc(O)c(C(=O)Nc2cc(C(F)(F)F)cc(C(F)(F)F)c2)c1. The number of nitrogens with zero attached hydrogens (tertiary/aromatic N) is 1. The Kier molecular flexibility index (Phi) is 5.81. The van der Waals surface area contributed by atoms with E-state index in [1.807, 2.05) is 5.32 Å². The molecule has 0 radical (unpaired) electrons. The predicted octanol–water partition coefficient (Wildman–Crippen LogP) is 4.38. The molecule has 0 saturated heterocycles. The summed E-state index contributed by atoms with van der Waals surface area (Å²) in [5, 5.41) is 11.7. The number of hydrogen-bond donors (Lipinski definition) is 2. The number of amides is 2. The van der Waals surface area contributed by atoms with Gasteiger partial charge in [0, 0.05) is 25.3 Å². The van der Waals surface area contributed by atoms with Crippen LogP contribution >= 0.6 is 0 Å². The number of phenolic OH excluding ortho intramolecular Hbond substituents is 1. The molecule has 2 rings (SSSR count). The lowest BCUT2D eigenvalue weighted by atomic mass is 10.1. The molecule has 11 heteroatoms. The summed E-state index contributed by atoms with van der Waals surface area (Å²) >= 11 is 0. The molecule has 0 atom stereocenters. The molecule has 0 aromatic heterocycles. The second-order valence-corrected chi connectivity index (χ2v) is 6.18. The van der Waals surface area contributed by atoms with E-state index in [4.69, 9.17) is 0 Å². The van der Waals surface area contributed by atoms with Crippen molar-refractivity contribution in [2.45, 2.75) is 12.4 Å². The van der Waals surface area contributed by atoms with Crippen molar-refractivity contribution in [2.75, 3.05) is 19.4 Å². The lowest BCUT2D eigenvalue weighted by Crippen LogP contribution is -2.22. The number of phenols is 1. The maximum Gasteiger partial charge on any atom is 0.416 e. The Hall–Kier alpha value is -3.24. The topological polar surface area (TPSA) is 69.6 Å². The monoisotopic (exact) mass is 420 g/mol. The largest absolute Gasteiger partial charge is 0.507 e. The number of aromatic hydroxyl groups is 1. The van der Waals surface area contributed by atoms with E-state index < -0.39 is 52.3 Å². The van der Waals surface area contributed by atoms with E-state index in [0.29, 0.717) is 12.1 Å². The molecule has 0 aliphatic carbocycles. The fraction of sp³-hybridized carbons (Fsp3) is 0.222. The maximum absolute atomic E-state index is 12.9. The van der Waals surface area contributed by atoms with Crippen LogP contribution in [0.4, 0.5) is 32.0 Å². The number of halogens is 6. The van der Waals surface area contributed by atoms with E-state index in [-0.39, 0.29) is 11.6 Å². The van der Waals surface area contributed by atoms with Gasteiger partial charge in [-0.25, -0.2) is 0 Å². The first kappa shape index (κ1) is 22.1. The van der Waals surface area contributed by atoms with Gasteiger partial charge in [0.2, 0.25) is 0 Å². The number of benzene rings is 2. The van der Waals surface area contributed by atoms with Crippen LogP contribution in [0.3, 0.4) is 0 Å². The second-order valence-electron chi connectivity index (χ2n) is 6.18. The molecule has 0 saturated carbocycles. The van der Waals surface area contributed by atoms with Crippen molar-refractivity contribution in [1.82, 2.24) is 4.90 Å². The molecule has 0 heterocycles. The zero-order valence-corrected chi connectivity index (χ0v) is 14.9. The van der Waals surface area contributed by atoms with E-state index in [0.717, 1.165) is 12.1 Å². The fourth-order valence-electron chi connectivity index (χ4n) is 2.33. The number of carbonyl (C=O) groups excluding carboxylic acids is 2. The Bertz CT molecular complexity index is 919. The molecule has 2 amide bonds. The minimum Gasteiger partial charge on any atom is -0.507 e. The van der Waals surface area contributed by atoms with Crippen LogP contribution in [-0.4, -0.2) is 35.9 Å². The van der Waals surface area contributed by atoms with Crippen LogP contribution in [0, 0.1) is 0 Å². The molecule has 2 aromatic carbocycles. The summed E-state index contributed by atoms with van der Waals surface area (Å²) in [6.07, 6.45) is -10.2. The van der Waals surface area contributed by atoms with Crippen LogP contribution in [-0.2, 0) is 12.4 Å². The zero-order chi connectivity index (χ0) is 22.1. The van der Waals surface area contributed by atoms with Gasteiger partial charge < -0.3 is 15.3 Å². The smallest absolute Gasteiger partial charge is 0.416 e. The van der Waals surface area contributed by atoms with Crippen LogP contribution in [0.1, 0.15) is 31.8 Å². The van der Waals surface area contributed by atoms with Gasteiger partial charge in [-0.3, -0.25) is 9.59 Å². The second kappa shape index (κ2) is 7.64. The minimum atomic E-state index is -5.08. The number of carbonyl (C=O) groups is 2. The highest BCUT2D eigenvalue weighted by atomic mass is 19.4. The summed E-state index contributed by atoms with van der Waals surface area (Å²) < 4.78 is 77.5. The quantitative estimate of drug-likeness (QED) is 0.724. The predicted molar refractivity (Wildman–Crippen MR) is 90.5 cm³/mol. The Morgan fingerprint density at radius 2 is 1.41 bits per heavy atom. The summed E-state index contributed by atoms with van der Waals surface area (Å²) in [5.74, 6) is -2.33. The molecular formula is C18H14F6N2O3. The summed E-state index contributed by atoms with van der Waals surface area (Å²) in [7, 11) is 2.85. The lowest BCUT2D eigenvalue weighted by molar-refractivity contribution is -0.143. The van der Waals surface area contributed by atoms with Gasteiger partial charge in [0.1, 0.15) is 5.75 Å². The first-order valence-corrected chi connectivity index (χ1v) is 7.85. The molecule has 0 aliphatic rings. The average molecular weight is 420 g/mol. The molecule has 29 heavy (non-hydrogen) atoms. The molecular weight excluding hydrogens is 406 g/mol. The number of rotatable bonds is 3. The lowest BCUT2D eigenvalue weighted by Gasteiger charge is -2.15. The highest BCUT2D eigenvalue weighted by Gasteiger charge is 2.37. The van der Waals surface area contributed by atoms with Crippen molar-refractivity contribution in [3.8, 4) is 5.75 Å². The third kappa shape index (κ3) is 5.18. The van der Waals surface area contributed by atoms with E-state index >= 15 is 0 Å². The van der Waals surface area contributed by atoms with Gasteiger partial charge >= 0.3 is 12.4 Å². The molecule has 0 aliphatic heterocycles. The number of anilines is 1. The van der Waals surface area contributed by atoms with E-state index in [9.17, 15) is 41.0 Å². The highest BCUT2D eigenvalue weighted by molar-refractivity contribution is 6.08. The number of alkyl halides is 6. The number of nitrogens with one attached hydrogen (secondary N) is 1. The van der Waals surface area contributed by atoms with Crippen LogP contribution in [0.2, 0.25) is 0 Å². The summed E-state index contributed by atoms with van der Waals surface area (Å²) in [4.78, 5) is 25.5. The van der Waals surface area contributed by atoms with Crippen molar-refractivity contribution in [2.24, 2.45) is 0 Å². The molecule has 5 nitrogen and oxygen atoms in total. The van der Waals surface area contributed by atoms with Crippen molar-refractivity contribution < 1.29 is 41.0 Å². The van der Waals surface area contributed by atoms with Gasteiger partial charge in [0.25, 0.3) is 11.8 Å². The van der Waals surface area contributed by atoms with E-state index in [2.05, 4.69) is 0 Å². The maximum atomic E-state index is 12.9. The van der Waals surface area contributed by atoms with Gasteiger partial charge in [-0.1, -0.05) is 0 Å². The molecule has 2 N–H and O–H groups in total. The minimum absolute atomic E-state index is 0.0158. The van der Waals surface area contributed by atoms with E-state index in [1.165, 1.54) is 25.1 Å². The van der Waals surface area contributed by atoms with Crippen molar-refractivity contribution in [3.63, 3.8) is 0 Å². The third-order valence-corrected chi connectivity index (χ3v) is 3.74. The molecule has 0 fully saturated rings. The van der Waals surface area contributed by atoms with Gasteiger partial charge in [-0.15, -0.1) is 0 Å². The van der Waals surface area contributed by atoms with Crippen LogP contribution in [0.15, 0.2) is 36.4 Å². The summed E-state index contributed by atoms with van der Waals surface area (Å²) in [6, 6.07) is 3.78. The van der Waals surface area contributed by atoms with Crippen molar-refractivity contribution in [3.05, 3.63) is 58.7 Å². The zero-order valence-electron chi connectivity index (χ0n) is 14.9. The average Bonchev–Trinajstić information content (AvgIpc) is 2.59. The molecule has 156 valence electrons. The van der Waals surface area contributed by atoms with Gasteiger partial charge in [0.05, 0.1) is 16.7 Å². The molecule has 0 unspecified atom stereocenters. The highest BCUT2D eigenvalue weighted by Crippen LogP contribution is 2.37. The fourth-order valence-corrected chi connectivity index (χ4v) is 2.33. The summed E-state index contributed by atoms with van der Waals surface area (Å²) in [5.41, 5.74) is -4.51. The Balaban J connectivity index is 2.45. The Morgan fingerprint density at radius 1 is 0.897 bits per heavy atom. The normalized spacial score (nSPS) is 11.9. The van der Waals surface area contributed by atoms with Gasteiger partial charge in [-0.2, -0.15) is 26.3 Å². The Labute approximate surface area is 160 Å². The Morgan fingerprint density at radius 3 is 1.86 bits per heavy atom. The van der Waals surface area contributed by atoms with E-state index in [1.54, 1.807) is 0 Å². The van der Waals surface area contributed by atoms with Crippen LogP contribution in [0.5, 0.6) is 5.75 Å². The number of hydrogen-bond acceptors (Lipinski definition) is 3. The molecule has 2 aromatic rings. The standard InChI is InChI=1S/C18H14F6N2O3/c1-26(2)16(29)9-3-4-14(27)13(5-9)15(28)25-12-7-10(17(19,20)21)6-11(8-12)18(22,23)24/h3-8,27H,1-2H3,(H,25,28). The molecule has 0 spiro atoms. The first-order valence-electron chi connectivity index (χ1n) is 7.85. The third-order valence-electron chi connectivity index (χ3n) is 3.74. The van der Waals surface area contributed by atoms with Gasteiger partial charge in [-0.05, 0) is 36.4 Å². The van der Waals surface area contributed by atoms with Crippen LogP contribution < -0.4 is 5.32 Å². The first-order chi connectivity index (χ1) is 13.2. The summed E-state index contributed by atoms with van der Waals surface area (Å²) in [6.45, 7) is 0. The molecule has 0 bridgehead atoms. The van der Waals surface area contributed by atoms with Crippen molar-refractivity contribution >= 4 is 17.5 Å². The van der Waals surface area contributed by atoms with Gasteiger partial charge in [0.15, 0.2) is 0 Å². The van der Waals surface area contributed by atoms with Crippen LogP contribution in [0.25, 0.3) is 0 Å².